The van der Waals surface area contributed by atoms with Gasteiger partial charge in [0.05, 0.1) is 6.04 Å². The summed E-state index contributed by atoms with van der Waals surface area (Å²) in [5.74, 6) is 0.314. The van der Waals surface area contributed by atoms with Gasteiger partial charge in [0, 0.05) is 6.54 Å². The molecule has 134 valence electrons. The summed E-state index contributed by atoms with van der Waals surface area (Å²) in [4.78, 5) is 24.7. The van der Waals surface area contributed by atoms with Crippen molar-refractivity contribution in [2.75, 3.05) is 6.54 Å². The highest BCUT2D eigenvalue weighted by Gasteiger charge is 2.28. The lowest BCUT2D eigenvalue weighted by molar-refractivity contribution is -0.130. The highest BCUT2D eigenvalue weighted by molar-refractivity contribution is 5.89. The van der Waals surface area contributed by atoms with E-state index in [2.05, 4.69) is 17.6 Å². The lowest BCUT2D eigenvalue weighted by atomic mass is 9.84. The molecule has 4 N–H and O–H groups in total. The molecule has 0 heterocycles. The predicted octanol–water partition coefficient (Wildman–Crippen LogP) is 2.34. The smallest absolute Gasteiger partial charge is 0.242 e. The lowest BCUT2D eigenvalue weighted by Crippen LogP contribution is -2.53. The van der Waals surface area contributed by atoms with E-state index in [0.717, 1.165) is 32.1 Å². The van der Waals surface area contributed by atoms with Gasteiger partial charge in [-0.2, -0.15) is 0 Å². The molecule has 0 saturated heterocycles. The van der Waals surface area contributed by atoms with Gasteiger partial charge in [0.1, 0.15) is 6.04 Å². The minimum Gasteiger partial charge on any atom is -0.354 e. The van der Waals surface area contributed by atoms with E-state index in [4.69, 9.17) is 5.73 Å². The number of hydrogen-bond donors (Lipinski definition) is 3. The van der Waals surface area contributed by atoms with Crippen molar-refractivity contribution in [3.8, 4) is 0 Å². The average Bonchev–Trinajstić information content (AvgIpc) is 2.54. The molecule has 5 heteroatoms. The van der Waals surface area contributed by atoms with Crippen LogP contribution < -0.4 is 16.4 Å². The SMILES string of the molecule is CCCCNC(=O)[C@H](CC1CCCCC1)NC(=O)[C@@H](N)C(C)C. The summed E-state index contributed by atoms with van der Waals surface area (Å²) in [6, 6.07) is -1.01. The predicted molar refractivity (Wildman–Crippen MR) is 93.9 cm³/mol. The van der Waals surface area contributed by atoms with E-state index < -0.39 is 12.1 Å². The molecular formula is C18H35N3O2. The monoisotopic (exact) mass is 325 g/mol. The number of amides is 2. The van der Waals surface area contributed by atoms with Crippen molar-refractivity contribution in [3.05, 3.63) is 0 Å². The van der Waals surface area contributed by atoms with Crippen LogP contribution in [0.2, 0.25) is 0 Å². The maximum absolute atomic E-state index is 12.5. The Kier molecular flexibility index (Phi) is 9.22. The highest BCUT2D eigenvalue weighted by Crippen LogP contribution is 2.27. The second-order valence-corrected chi connectivity index (χ2v) is 7.22. The number of unbranched alkanes of at least 4 members (excludes halogenated alkanes) is 1. The fourth-order valence-electron chi connectivity index (χ4n) is 3.07. The fraction of sp³-hybridized carbons (Fsp3) is 0.889. The van der Waals surface area contributed by atoms with E-state index in [0.29, 0.717) is 12.5 Å². The van der Waals surface area contributed by atoms with E-state index in [-0.39, 0.29) is 17.7 Å². The summed E-state index contributed by atoms with van der Waals surface area (Å²) < 4.78 is 0. The van der Waals surface area contributed by atoms with Crippen LogP contribution in [-0.4, -0.2) is 30.4 Å². The van der Waals surface area contributed by atoms with Crippen molar-refractivity contribution < 1.29 is 9.59 Å². The summed E-state index contributed by atoms with van der Waals surface area (Å²) in [6.45, 7) is 6.60. The molecule has 0 aromatic heterocycles. The summed E-state index contributed by atoms with van der Waals surface area (Å²) in [7, 11) is 0. The molecule has 0 radical (unpaired) electrons. The van der Waals surface area contributed by atoms with Crippen molar-refractivity contribution in [3.63, 3.8) is 0 Å². The van der Waals surface area contributed by atoms with Gasteiger partial charge in [-0.15, -0.1) is 0 Å². The van der Waals surface area contributed by atoms with Crippen LogP contribution in [0.4, 0.5) is 0 Å². The van der Waals surface area contributed by atoms with Crippen LogP contribution in [0.25, 0.3) is 0 Å². The number of carbonyl (C=O) groups excluding carboxylic acids is 2. The van der Waals surface area contributed by atoms with Gasteiger partial charge in [-0.1, -0.05) is 59.3 Å². The van der Waals surface area contributed by atoms with Crippen LogP contribution in [0.3, 0.4) is 0 Å². The molecule has 5 nitrogen and oxygen atoms in total. The molecule has 0 aliphatic heterocycles. The Bertz CT molecular complexity index is 365. The number of rotatable bonds is 9. The minimum atomic E-state index is -0.563. The van der Waals surface area contributed by atoms with Gasteiger partial charge in [0.25, 0.3) is 0 Å². The van der Waals surface area contributed by atoms with Crippen molar-refractivity contribution in [1.29, 1.82) is 0 Å². The molecule has 0 unspecified atom stereocenters. The molecule has 23 heavy (non-hydrogen) atoms. The Morgan fingerprint density at radius 2 is 1.78 bits per heavy atom. The summed E-state index contributed by atoms with van der Waals surface area (Å²) in [6.07, 6.45) is 8.79. The highest BCUT2D eigenvalue weighted by atomic mass is 16.2. The third kappa shape index (κ3) is 7.34. The molecule has 0 aromatic rings. The largest absolute Gasteiger partial charge is 0.354 e. The van der Waals surface area contributed by atoms with Gasteiger partial charge in [-0.3, -0.25) is 9.59 Å². The Balaban J connectivity index is 2.62. The van der Waals surface area contributed by atoms with Crippen LogP contribution in [0.15, 0.2) is 0 Å². The summed E-state index contributed by atoms with van der Waals surface area (Å²) >= 11 is 0. The maximum atomic E-state index is 12.5. The Hall–Kier alpha value is -1.10. The number of nitrogens with one attached hydrogen (secondary N) is 2. The van der Waals surface area contributed by atoms with Crippen molar-refractivity contribution in [2.24, 2.45) is 17.6 Å². The molecule has 0 spiro atoms. The second-order valence-electron chi connectivity index (χ2n) is 7.22. The first-order chi connectivity index (χ1) is 11.0. The molecule has 1 aliphatic rings. The Morgan fingerprint density at radius 1 is 1.13 bits per heavy atom. The maximum Gasteiger partial charge on any atom is 0.242 e. The zero-order valence-corrected chi connectivity index (χ0v) is 15.1. The number of nitrogens with two attached hydrogens (primary N) is 1. The van der Waals surface area contributed by atoms with Crippen LogP contribution in [-0.2, 0) is 9.59 Å². The van der Waals surface area contributed by atoms with Gasteiger partial charge in [0.2, 0.25) is 11.8 Å². The van der Waals surface area contributed by atoms with Crippen LogP contribution in [0.1, 0.15) is 72.1 Å². The van der Waals surface area contributed by atoms with Crippen molar-refractivity contribution >= 4 is 11.8 Å². The first-order valence-electron chi connectivity index (χ1n) is 9.29. The number of hydrogen-bond acceptors (Lipinski definition) is 3. The zero-order chi connectivity index (χ0) is 17.2. The van der Waals surface area contributed by atoms with E-state index in [1.807, 2.05) is 13.8 Å². The summed E-state index contributed by atoms with van der Waals surface area (Å²) in [5, 5.41) is 5.85. The van der Waals surface area contributed by atoms with E-state index >= 15 is 0 Å². The Labute approximate surface area is 141 Å². The second kappa shape index (κ2) is 10.6. The molecule has 0 bridgehead atoms. The van der Waals surface area contributed by atoms with Gasteiger partial charge in [-0.05, 0) is 24.7 Å². The number of carbonyl (C=O) groups is 2. The molecule has 1 saturated carbocycles. The molecule has 1 rings (SSSR count). The first-order valence-corrected chi connectivity index (χ1v) is 9.29. The first kappa shape index (κ1) is 19.9. The van der Waals surface area contributed by atoms with Gasteiger partial charge in [0.15, 0.2) is 0 Å². The van der Waals surface area contributed by atoms with Gasteiger partial charge in [-0.25, -0.2) is 0 Å². The lowest BCUT2D eigenvalue weighted by Gasteiger charge is -2.28. The Morgan fingerprint density at radius 3 is 2.35 bits per heavy atom. The molecule has 1 fully saturated rings. The fourth-order valence-corrected chi connectivity index (χ4v) is 3.07. The van der Waals surface area contributed by atoms with Crippen LogP contribution >= 0.6 is 0 Å². The molecule has 2 amide bonds. The van der Waals surface area contributed by atoms with Gasteiger partial charge < -0.3 is 16.4 Å². The third-order valence-corrected chi connectivity index (χ3v) is 4.78. The molecule has 1 aliphatic carbocycles. The quantitative estimate of drug-likeness (QED) is 0.569. The van der Waals surface area contributed by atoms with E-state index in [1.165, 1.54) is 19.3 Å². The average molecular weight is 325 g/mol. The molecule has 2 atom stereocenters. The minimum absolute atomic E-state index is 0.0617. The normalized spacial score (nSPS) is 18.5. The van der Waals surface area contributed by atoms with E-state index in [9.17, 15) is 9.59 Å². The summed E-state index contributed by atoms with van der Waals surface area (Å²) in [5.41, 5.74) is 5.92. The van der Waals surface area contributed by atoms with Gasteiger partial charge >= 0.3 is 0 Å². The van der Waals surface area contributed by atoms with E-state index in [1.54, 1.807) is 0 Å². The molecule has 0 aromatic carbocycles. The third-order valence-electron chi connectivity index (χ3n) is 4.78. The van der Waals surface area contributed by atoms with Crippen molar-refractivity contribution in [1.82, 2.24) is 10.6 Å². The van der Waals surface area contributed by atoms with Crippen LogP contribution in [0, 0.1) is 11.8 Å². The topological polar surface area (TPSA) is 84.2 Å². The van der Waals surface area contributed by atoms with Crippen LogP contribution in [0.5, 0.6) is 0 Å². The standard InChI is InChI=1S/C18H35N3O2/c1-4-5-11-20-17(22)15(12-14-9-7-6-8-10-14)21-18(23)16(19)13(2)3/h13-16H,4-12,19H2,1-3H3,(H,20,22)(H,21,23)/t15-,16-/m0/s1. The molecular weight excluding hydrogens is 290 g/mol. The van der Waals surface area contributed by atoms with Crippen molar-refractivity contribution in [2.45, 2.75) is 84.2 Å². The zero-order valence-electron chi connectivity index (χ0n) is 15.1.